The molecule has 1 aromatic carbocycles. The van der Waals surface area contributed by atoms with E-state index in [1.807, 2.05) is 18.2 Å². The van der Waals surface area contributed by atoms with Crippen LogP contribution in [0.2, 0.25) is 5.02 Å². The number of benzene rings is 1. The molecule has 0 aliphatic heterocycles. The van der Waals surface area contributed by atoms with Crippen LogP contribution in [0, 0.1) is 0 Å². The van der Waals surface area contributed by atoms with Gasteiger partial charge in [0.2, 0.25) is 0 Å². The fourth-order valence-electron chi connectivity index (χ4n) is 1.16. The highest BCUT2D eigenvalue weighted by Crippen LogP contribution is 2.28. The molecule has 0 fully saturated rings. The second kappa shape index (κ2) is 5.51. The molecule has 72 valence electrons. The summed E-state index contributed by atoms with van der Waals surface area (Å²) in [6.07, 6.45) is 2.08. The lowest BCUT2D eigenvalue weighted by Gasteiger charge is -2.07. The molecule has 1 aromatic rings. The van der Waals surface area contributed by atoms with Gasteiger partial charge in [0, 0.05) is 5.33 Å². The zero-order valence-electron chi connectivity index (χ0n) is 7.52. The maximum atomic E-state index is 6.10. The molecular weight excluding hydrogens is 251 g/mol. The van der Waals surface area contributed by atoms with E-state index in [1.165, 1.54) is 0 Å². The molecular formula is C10H12BrClO. The molecule has 0 heterocycles. The van der Waals surface area contributed by atoms with Crippen LogP contribution in [0.3, 0.4) is 0 Å². The van der Waals surface area contributed by atoms with Gasteiger partial charge in [-0.1, -0.05) is 39.7 Å². The molecule has 1 rings (SSSR count). The summed E-state index contributed by atoms with van der Waals surface area (Å²) in [7, 11) is 1.63. The molecule has 0 bridgehead atoms. The lowest BCUT2D eigenvalue weighted by atomic mass is 10.1. The average Bonchev–Trinajstić information content (AvgIpc) is 2.16. The molecule has 0 saturated carbocycles. The predicted molar refractivity (Wildman–Crippen MR) is 60.1 cm³/mol. The number of alkyl halides is 1. The lowest BCUT2D eigenvalue weighted by Crippen LogP contribution is -1.91. The topological polar surface area (TPSA) is 9.23 Å². The minimum atomic E-state index is 0.742. The van der Waals surface area contributed by atoms with Crippen LogP contribution in [0.25, 0.3) is 0 Å². The summed E-state index contributed by atoms with van der Waals surface area (Å²) in [6.45, 7) is 0. The number of hydrogen-bond acceptors (Lipinski definition) is 1. The SMILES string of the molecule is COc1cccc(CCCBr)c1Cl. The van der Waals surface area contributed by atoms with Crippen LogP contribution >= 0.6 is 27.5 Å². The van der Waals surface area contributed by atoms with Crippen molar-refractivity contribution in [1.82, 2.24) is 0 Å². The van der Waals surface area contributed by atoms with Crippen molar-refractivity contribution in [1.29, 1.82) is 0 Å². The normalized spacial score (nSPS) is 10.1. The molecule has 0 unspecified atom stereocenters. The van der Waals surface area contributed by atoms with Crippen molar-refractivity contribution in [2.75, 3.05) is 12.4 Å². The van der Waals surface area contributed by atoms with Crippen molar-refractivity contribution in [3.05, 3.63) is 28.8 Å². The summed E-state index contributed by atoms with van der Waals surface area (Å²) in [6, 6.07) is 5.88. The van der Waals surface area contributed by atoms with E-state index in [-0.39, 0.29) is 0 Å². The van der Waals surface area contributed by atoms with Crippen molar-refractivity contribution >= 4 is 27.5 Å². The van der Waals surface area contributed by atoms with Crippen LogP contribution in [0.4, 0.5) is 0 Å². The van der Waals surface area contributed by atoms with Gasteiger partial charge in [-0.2, -0.15) is 0 Å². The number of ether oxygens (including phenoxy) is 1. The van der Waals surface area contributed by atoms with Gasteiger partial charge in [-0.25, -0.2) is 0 Å². The van der Waals surface area contributed by atoms with Crippen LogP contribution in [-0.4, -0.2) is 12.4 Å². The van der Waals surface area contributed by atoms with Crippen LogP contribution in [0.5, 0.6) is 5.75 Å². The number of aryl methyl sites for hydroxylation is 1. The minimum Gasteiger partial charge on any atom is -0.495 e. The molecule has 3 heteroatoms. The summed E-state index contributed by atoms with van der Waals surface area (Å²) in [5.41, 5.74) is 1.15. The van der Waals surface area contributed by atoms with Gasteiger partial charge in [-0.3, -0.25) is 0 Å². The van der Waals surface area contributed by atoms with Gasteiger partial charge < -0.3 is 4.74 Å². The van der Waals surface area contributed by atoms with Crippen LogP contribution in [0.1, 0.15) is 12.0 Å². The highest BCUT2D eigenvalue weighted by atomic mass is 79.9. The number of methoxy groups -OCH3 is 1. The molecule has 0 aliphatic rings. The van der Waals surface area contributed by atoms with Crippen molar-refractivity contribution in [2.45, 2.75) is 12.8 Å². The predicted octanol–water partition coefficient (Wildman–Crippen LogP) is 3.68. The lowest BCUT2D eigenvalue weighted by molar-refractivity contribution is 0.414. The molecule has 1 nitrogen and oxygen atoms in total. The summed E-state index contributed by atoms with van der Waals surface area (Å²) >= 11 is 9.50. The fourth-order valence-corrected chi connectivity index (χ4v) is 1.74. The Morgan fingerprint density at radius 3 is 2.85 bits per heavy atom. The third-order valence-corrected chi connectivity index (χ3v) is 2.83. The van der Waals surface area contributed by atoms with E-state index < -0.39 is 0 Å². The molecule has 13 heavy (non-hydrogen) atoms. The van der Waals surface area contributed by atoms with Gasteiger partial charge in [0.1, 0.15) is 5.75 Å². The summed E-state index contributed by atoms with van der Waals surface area (Å²) < 4.78 is 5.12. The van der Waals surface area contributed by atoms with E-state index in [9.17, 15) is 0 Å². The Labute approximate surface area is 92.2 Å². The van der Waals surface area contributed by atoms with Crippen molar-refractivity contribution in [2.24, 2.45) is 0 Å². The highest BCUT2D eigenvalue weighted by molar-refractivity contribution is 9.09. The first-order valence-electron chi connectivity index (χ1n) is 4.17. The quantitative estimate of drug-likeness (QED) is 0.753. The zero-order chi connectivity index (χ0) is 9.68. The molecule has 0 aromatic heterocycles. The van der Waals surface area contributed by atoms with Gasteiger partial charge >= 0.3 is 0 Å². The molecule has 0 spiro atoms. The first-order chi connectivity index (χ1) is 6.29. The average molecular weight is 264 g/mol. The Balaban J connectivity index is 2.81. The third kappa shape index (κ3) is 2.89. The maximum absolute atomic E-state index is 6.10. The highest BCUT2D eigenvalue weighted by Gasteiger charge is 2.04. The third-order valence-electron chi connectivity index (χ3n) is 1.84. The van der Waals surface area contributed by atoms with Gasteiger partial charge in [0.05, 0.1) is 12.1 Å². The molecule has 0 N–H and O–H groups in total. The second-order valence-electron chi connectivity index (χ2n) is 2.73. The van der Waals surface area contributed by atoms with Crippen LogP contribution < -0.4 is 4.74 Å². The first kappa shape index (κ1) is 10.9. The van der Waals surface area contributed by atoms with Crippen molar-refractivity contribution < 1.29 is 4.74 Å². The monoisotopic (exact) mass is 262 g/mol. The number of hydrogen-bond donors (Lipinski definition) is 0. The van der Waals surface area contributed by atoms with Crippen molar-refractivity contribution in [3.63, 3.8) is 0 Å². The van der Waals surface area contributed by atoms with Gasteiger partial charge in [-0.15, -0.1) is 0 Å². The van der Waals surface area contributed by atoms with E-state index in [4.69, 9.17) is 16.3 Å². The molecule has 0 atom stereocenters. The number of halogens is 2. The molecule has 0 saturated heterocycles. The summed E-state index contributed by atoms with van der Waals surface area (Å²) in [5, 5.41) is 1.74. The Bertz CT molecular complexity index is 276. The largest absolute Gasteiger partial charge is 0.495 e. The Morgan fingerprint density at radius 2 is 2.23 bits per heavy atom. The smallest absolute Gasteiger partial charge is 0.137 e. The minimum absolute atomic E-state index is 0.742. The summed E-state index contributed by atoms with van der Waals surface area (Å²) in [5.74, 6) is 0.758. The Kier molecular flexibility index (Phi) is 4.60. The second-order valence-corrected chi connectivity index (χ2v) is 3.90. The van der Waals surface area contributed by atoms with Crippen LogP contribution in [-0.2, 0) is 6.42 Å². The molecule has 0 aliphatic carbocycles. The van der Waals surface area contributed by atoms with Crippen molar-refractivity contribution in [3.8, 4) is 5.75 Å². The zero-order valence-corrected chi connectivity index (χ0v) is 9.86. The number of rotatable bonds is 4. The van der Waals surface area contributed by atoms with E-state index in [0.29, 0.717) is 0 Å². The van der Waals surface area contributed by atoms with Gasteiger partial charge in [0.25, 0.3) is 0 Å². The van der Waals surface area contributed by atoms with E-state index >= 15 is 0 Å². The standard InChI is InChI=1S/C10H12BrClO/c1-13-9-6-2-4-8(10(9)12)5-3-7-11/h2,4,6H,3,5,7H2,1H3. The van der Waals surface area contributed by atoms with Gasteiger partial charge in [-0.05, 0) is 24.5 Å². The van der Waals surface area contributed by atoms with E-state index in [0.717, 1.165) is 34.5 Å². The van der Waals surface area contributed by atoms with E-state index in [2.05, 4.69) is 15.9 Å². The molecule has 0 amide bonds. The van der Waals surface area contributed by atoms with Crippen LogP contribution in [0.15, 0.2) is 18.2 Å². The fraction of sp³-hybridized carbons (Fsp3) is 0.400. The molecule has 0 radical (unpaired) electrons. The first-order valence-corrected chi connectivity index (χ1v) is 5.67. The Morgan fingerprint density at radius 1 is 1.46 bits per heavy atom. The van der Waals surface area contributed by atoms with Gasteiger partial charge in [0.15, 0.2) is 0 Å². The van der Waals surface area contributed by atoms with E-state index in [1.54, 1.807) is 7.11 Å². The maximum Gasteiger partial charge on any atom is 0.137 e. The Hall–Kier alpha value is -0.210. The summed E-state index contributed by atoms with van der Waals surface area (Å²) in [4.78, 5) is 0.